The van der Waals surface area contributed by atoms with Crippen molar-refractivity contribution in [3.63, 3.8) is 0 Å². The van der Waals surface area contributed by atoms with Crippen molar-refractivity contribution in [2.45, 2.75) is 13.8 Å². The molecule has 0 aliphatic heterocycles. The van der Waals surface area contributed by atoms with Crippen LogP contribution in [0.5, 0.6) is 0 Å². The third-order valence-electron chi connectivity index (χ3n) is 0.812. The molecule has 0 aliphatic rings. The molecular formula is C4H13N3O3. The first-order valence-electron chi connectivity index (χ1n) is 2.87. The van der Waals surface area contributed by atoms with Gasteiger partial charge in [0.25, 0.3) is 5.09 Å². The molecule has 0 radical (unpaired) electrons. The molecule has 62 valence electrons. The first-order chi connectivity index (χ1) is 4.54. The fraction of sp³-hybridized carbons (Fsp3) is 1.00. The molecule has 0 atom stereocenters. The normalized spacial score (nSPS) is 8.40. The molecule has 0 saturated heterocycles. The van der Waals surface area contributed by atoms with Gasteiger partial charge in [0.2, 0.25) is 0 Å². The molecule has 0 bridgehead atoms. The standard InChI is InChI=1S/C4H12N2.HNO3/c1-3-6(5)4-2;2-1(3)4/h3-5H2,1-2H3;(H,2,3,4). The van der Waals surface area contributed by atoms with Gasteiger partial charge in [0.05, 0.1) is 0 Å². The van der Waals surface area contributed by atoms with E-state index in [2.05, 4.69) is 0 Å². The van der Waals surface area contributed by atoms with Gasteiger partial charge in [-0.1, -0.05) is 13.8 Å². The zero-order valence-corrected chi connectivity index (χ0v) is 6.15. The van der Waals surface area contributed by atoms with Gasteiger partial charge < -0.3 is 5.21 Å². The lowest BCUT2D eigenvalue weighted by Crippen LogP contribution is -2.29. The first-order valence-corrected chi connectivity index (χ1v) is 2.87. The lowest BCUT2D eigenvalue weighted by atomic mass is 10.6. The summed E-state index contributed by atoms with van der Waals surface area (Å²) in [7, 11) is 0. The van der Waals surface area contributed by atoms with Crippen molar-refractivity contribution >= 4 is 0 Å². The van der Waals surface area contributed by atoms with Crippen LogP contribution in [-0.2, 0) is 0 Å². The van der Waals surface area contributed by atoms with Gasteiger partial charge in [0.1, 0.15) is 0 Å². The molecule has 3 N–H and O–H groups in total. The van der Waals surface area contributed by atoms with E-state index in [0.29, 0.717) is 0 Å². The summed E-state index contributed by atoms with van der Waals surface area (Å²) >= 11 is 0. The molecule has 6 nitrogen and oxygen atoms in total. The van der Waals surface area contributed by atoms with E-state index < -0.39 is 5.09 Å². The third-order valence-corrected chi connectivity index (χ3v) is 0.812. The SMILES string of the molecule is CCN(N)CC.O=[N+]([O-])O. The van der Waals surface area contributed by atoms with Crippen LogP contribution >= 0.6 is 0 Å². The summed E-state index contributed by atoms with van der Waals surface area (Å²) in [5, 5.41) is 15.4. The Kier molecular flexibility index (Phi) is 9.63. The van der Waals surface area contributed by atoms with E-state index in [9.17, 15) is 0 Å². The predicted octanol–water partition coefficient (Wildman–Crippen LogP) is -0.146. The van der Waals surface area contributed by atoms with Crippen molar-refractivity contribution in [1.29, 1.82) is 0 Å². The van der Waals surface area contributed by atoms with Crippen LogP contribution in [-0.4, -0.2) is 28.4 Å². The van der Waals surface area contributed by atoms with Crippen LogP contribution in [0.1, 0.15) is 13.8 Å². The Bertz CT molecular complexity index is 79.8. The first kappa shape index (κ1) is 11.9. The lowest BCUT2D eigenvalue weighted by Gasteiger charge is -2.07. The lowest BCUT2D eigenvalue weighted by molar-refractivity contribution is -0.742. The Morgan fingerprint density at radius 3 is 1.80 bits per heavy atom. The Morgan fingerprint density at radius 1 is 1.60 bits per heavy atom. The molecule has 0 aromatic heterocycles. The molecule has 0 rings (SSSR count). The Labute approximate surface area is 59.3 Å². The van der Waals surface area contributed by atoms with Crippen LogP contribution in [0.3, 0.4) is 0 Å². The van der Waals surface area contributed by atoms with E-state index >= 15 is 0 Å². The quantitative estimate of drug-likeness (QED) is 0.325. The number of hydrogen-bond acceptors (Lipinski definition) is 4. The van der Waals surface area contributed by atoms with Crippen molar-refractivity contribution in [1.82, 2.24) is 5.01 Å². The highest BCUT2D eigenvalue weighted by Gasteiger charge is 1.82. The van der Waals surface area contributed by atoms with Crippen LogP contribution < -0.4 is 5.84 Å². The summed E-state index contributed by atoms with van der Waals surface area (Å²) in [5.74, 6) is 5.31. The summed E-state index contributed by atoms with van der Waals surface area (Å²) in [4.78, 5) is 8.36. The van der Waals surface area contributed by atoms with E-state index in [1.54, 1.807) is 5.01 Å². The maximum atomic E-state index is 8.36. The van der Waals surface area contributed by atoms with E-state index in [1.165, 1.54) is 0 Å². The maximum absolute atomic E-state index is 8.36. The summed E-state index contributed by atoms with van der Waals surface area (Å²) in [5.41, 5.74) is 0. The topological polar surface area (TPSA) is 92.6 Å². The second-order valence-corrected chi connectivity index (χ2v) is 1.46. The molecule has 0 aliphatic carbocycles. The Hall–Kier alpha value is -0.880. The fourth-order valence-corrected chi connectivity index (χ4v) is 0.224. The Morgan fingerprint density at radius 2 is 1.80 bits per heavy atom. The molecule has 0 saturated carbocycles. The van der Waals surface area contributed by atoms with Gasteiger partial charge in [-0.25, -0.2) is 5.01 Å². The van der Waals surface area contributed by atoms with E-state index in [-0.39, 0.29) is 0 Å². The molecule has 0 spiro atoms. The van der Waals surface area contributed by atoms with Crippen molar-refractivity contribution in [3.05, 3.63) is 10.1 Å². The smallest absolute Gasteiger partial charge is 0.291 e. The van der Waals surface area contributed by atoms with Crippen molar-refractivity contribution in [3.8, 4) is 0 Å². The Balaban J connectivity index is 0. The van der Waals surface area contributed by atoms with E-state index in [4.69, 9.17) is 21.2 Å². The van der Waals surface area contributed by atoms with Gasteiger partial charge in [-0.15, -0.1) is 10.1 Å². The fourth-order valence-electron chi connectivity index (χ4n) is 0.224. The van der Waals surface area contributed by atoms with Gasteiger partial charge in [-0.05, 0) is 0 Å². The molecule has 10 heavy (non-hydrogen) atoms. The zero-order chi connectivity index (χ0) is 8.57. The minimum Gasteiger partial charge on any atom is -0.328 e. The summed E-state index contributed by atoms with van der Waals surface area (Å²) < 4.78 is 0. The van der Waals surface area contributed by atoms with Crippen LogP contribution in [0.2, 0.25) is 0 Å². The molecule has 0 fully saturated rings. The number of nitrogens with zero attached hydrogens (tertiary/aromatic N) is 2. The third kappa shape index (κ3) is 27.4. The van der Waals surface area contributed by atoms with Crippen LogP contribution in [0.4, 0.5) is 0 Å². The largest absolute Gasteiger partial charge is 0.328 e. The van der Waals surface area contributed by atoms with Crippen LogP contribution in [0.25, 0.3) is 0 Å². The van der Waals surface area contributed by atoms with Crippen LogP contribution in [0, 0.1) is 10.1 Å². The van der Waals surface area contributed by atoms with Gasteiger partial charge >= 0.3 is 0 Å². The summed E-state index contributed by atoms with van der Waals surface area (Å²) in [6.45, 7) is 5.94. The number of nitrogens with two attached hydrogens (primary N) is 1. The van der Waals surface area contributed by atoms with Crippen molar-refractivity contribution < 1.29 is 10.3 Å². The molecule has 0 amide bonds. The summed E-state index contributed by atoms with van der Waals surface area (Å²) in [6.07, 6.45) is 0. The molecule has 0 unspecified atom stereocenters. The number of hydrogen-bond donors (Lipinski definition) is 2. The monoisotopic (exact) mass is 151 g/mol. The zero-order valence-electron chi connectivity index (χ0n) is 6.15. The average Bonchev–Trinajstić information content (AvgIpc) is 1.85. The van der Waals surface area contributed by atoms with Crippen LogP contribution in [0.15, 0.2) is 0 Å². The maximum Gasteiger partial charge on any atom is 0.291 e. The highest BCUT2D eigenvalue weighted by molar-refractivity contribution is 4.32. The van der Waals surface area contributed by atoms with Gasteiger partial charge in [0, 0.05) is 13.1 Å². The molecule has 0 aromatic carbocycles. The molecular weight excluding hydrogens is 138 g/mol. The van der Waals surface area contributed by atoms with E-state index in [0.717, 1.165) is 13.1 Å². The second-order valence-electron chi connectivity index (χ2n) is 1.46. The predicted molar refractivity (Wildman–Crippen MR) is 35.9 cm³/mol. The van der Waals surface area contributed by atoms with Crippen molar-refractivity contribution in [2.75, 3.05) is 13.1 Å². The van der Waals surface area contributed by atoms with Gasteiger partial charge in [0.15, 0.2) is 0 Å². The number of rotatable bonds is 2. The molecule has 0 aromatic rings. The minimum absolute atomic E-state index is 0.941. The number of hydrazine groups is 1. The molecule has 0 heterocycles. The average molecular weight is 151 g/mol. The highest BCUT2D eigenvalue weighted by Crippen LogP contribution is 1.68. The van der Waals surface area contributed by atoms with Gasteiger partial charge in [-0.2, -0.15) is 0 Å². The van der Waals surface area contributed by atoms with Gasteiger partial charge in [-0.3, -0.25) is 5.84 Å². The van der Waals surface area contributed by atoms with Crippen molar-refractivity contribution in [2.24, 2.45) is 5.84 Å². The minimum atomic E-state index is -1.50. The summed E-state index contributed by atoms with van der Waals surface area (Å²) in [6, 6.07) is 0. The molecule has 6 heteroatoms. The highest BCUT2D eigenvalue weighted by atomic mass is 16.9. The second kappa shape index (κ2) is 8.12. The van der Waals surface area contributed by atoms with E-state index in [1.807, 2.05) is 13.8 Å².